The summed E-state index contributed by atoms with van der Waals surface area (Å²) in [7, 11) is 1.62. The fourth-order valence-electron chi connectivity index (χ4n) is 2.34. The molecule has 0 saturated carbocycles. The van der Waals surface area contributed by atoms with Crippen molar-refractivity contribution in [2.24, 2.45) is 7.05 Å². The summed E-state index contributed by atoms with van der Waals surface area (Å²) in [5.74, 6) is -0.809. The summed E-state index contributed by atoms with van der Waals surface area (Å²) in [6.07, 6.45) is 0. The smallest absolute Gasteiger partial charge is 0.261 e. The predicted molar refractivity (Wildman–Crippen MR) is 102 cm³/mol. The van der Waals surface area contributed by atoms with Crippen LogP contribution < -0.4 is 10.9 Å². The molecule has 5 nitrogen and oxygen atoms in total. The van der Waals surface area contributed by atoms with Crippen LogP contribution in [0.5, 0.6) is 0 Å². The van der Waals surface area contributed by atoms with E-state index in [0.717, 1.165) is 17.8 Å². The summed E-state index contributed by atoms with van der Waals surface area (Å²) >= 11 is 7.09. The summed E-state index contributed by atoms with van der Waals surface area (Å²) in [5.41, 5.74) is 0.727. The summed E-state index contributed by atoms with van der Waals surface area (Å²) in [6, 6.07) is 10.8. The molecular formula is C18H15ClFN3O2S. The van der Waals surface area contributed by atoms with Crippen LogP contribution in [0.2, 0.25) is 5.02 Å². The lowest BCUT2D eigenvalue weighted by atomic mass is 10.2. The molecule has 26 heavy (non-hydrogen) atoms. The number of thioether (sulfide) groups is 1. The van der Waals surface area contributed by atoms with Gasteiger partial charge >= 0.3 is 0 Å². The third kappa shape index (κ3) is 3.73. The number of para-hydroxylation sites is 1. The first-order valence-corrected chi connectivity index (χ1v) is 9.01. The van der Waals surface area contributed by atoms with Gasteiger partial charge in [-0.1, -0.05) is 35.5 Å². The van der Waals surface area contributed by atoms with Gasteiger partial charge in [-0.3, -0.25) is 14.2 Å². The zero-order valence-electron chi connectivity index (χ0n) is 14.0. The molecule has 0 aliphatic rings. The predicted octanol–water partition coefficient (Wildman–Crippen LogP) is 3.85. The van der Waals surface area contributed by atoms with Crippen LogP contribution in [0.15, 0.2) is 52.4 Å². The number of anilines is 1. The number of hydrogen-bond acceptors (Lipinski definition) is 4. The number of fused-ring (bicyclic) bond motifs is 1. The van der Waals surface area contributed by atoms with Crippen molar-refractivity contribution in [3.05, 3.63) is 63.7 Å². The summed E-state index contributed by atoms with van der Waals surface area (Å²) in [6.45, 7) is 1.69. The van der Waals surface area contributed by atoms with E-state index < -0.39 is 11.1 Å². The number of rotatable bonds is 4. The second-order valence-corrected chi connectivity index (χ2v) is 7.36. The van der Waals surface area contributed by atoms with Crippen LogP contribution in [-0.4, -0.2) is 20.7 Å². The number of carbonyl (C=O) groups excluding carboxylic acids is 1. The first-order chi connectivity index (χ1) is 12.4. The number of amides is 1. The quantitative estimate of drug-likeness (QED) is 0.542. The van der Waals surface area contributed by atoms with Gasteiger partial charge in [0.05, 0.1) is 26.9 Å². The van der Waals surface area contributed by atoms with Gasteiger partial charge in [-0.2, -0.15) is 0 Å². The van der Waals surface area contributed by atoms with E-state index in [1.807, 2.05) is 0 Å². The molecule has 0 bridgehead atoms. The van der Waals surface area contributed by atoms with Crippen molar-refractivity contribution in [2.45, 2.75) is 17.3 Å². The minimum Gasteiger partial charge on any atom is -0.324 e. The molecule has 0 spiro atoms. The Morgan fingerprint density at radius 1 is 1.31 bits per heavy atom. The topological polar surface area (TPSA) is 64.0 Å². The van der Waals surface area contributed by atoms with Crippen LogP contribution >= 0.6 is 23.4 Å². The fraction of sp³-hybridized carbons (Fsp3) is 0.167. The zero-order chi connectivity index (χ0) is 18.8. The standard InChI is InChI=1S/C18H15ClFN3O2S/c1-10(16(24)21-15-8-7-11(20)9-13(15)19)26-18-22-14-6-4-3-5-12(14)17(25)23(18)2/h3-10H,1-2H3,(H,21,24). The van der Waals surface area contributed by atoms with Crippen LogP contribution in [0.1, 0.15) is 6.92 Å². The molecule has 3 aromatic rings. The van der Waals surface area contributed by atoms with Gasteiger partial charge in [0.15, 0.2) is 5.16 Å². The SMILES string of the molecule is CC(Sc1nc2ccccc2c(=O)n1C)C(=O)Nc1ccc(F)cc1Cl. The summed E-state index contributed by atoms with van der Waals surface area (Å²) in [5, 5.41) is 3.18. The van der Waals surface area contributed by atoms with E-state index in [-0.39, 0.29) is 16.5 Å². The monoisotopic (exact) mass is 391 g/mol. The Morgan fingerprint density at radius 3 is 2.77 bits per heavy atom. The Bertz CT molecular complexity index is 1050. The van der Waals surface area contributed by atoms with Gasteiger partial charge < -0.3 is 5.32 Å². The highest BCUT2D eigenvalue weighted by molar-refractivity contribution is 8.00. The maximum absolute atomic E-state index is 13.1. The molecule has 1 atom stereocenters. The Morgan fingerprint density at radius 2 is 2.04 bits per heavy atom. The Kier molecular flexibility index (Phi) is 5.29. The first kappa shape index (κ1) is 18.4. The second-order valence-electron chi connectivity index (χ2n) is 5.65. The molecule has 0 saturated heterocycles. The van der Waals surface area contributed by atoms with E-state index in [9.17, 15) is 14.0 Å². The Labute approximate surface area is 158 Å². The van der Waals surface area contributed by atoms with E-state index in [0.29, 0.717) is 21.7 Å². The van der Waals surface area contributed by atoms with Crippen LogP contribution in [0.3, 0.4) is 0 Å². The lowest BCUT2D eigenvalue weighted by molar-refractivity contribution is -0.115. The van der Waals surface area contributed by atoms with Gasteiger partial charge in [0.25, 0.3) is 5.56 Å². The molecule has 134 valence electrons. The van der Waals surface area contributed by atoms with Gasteiger partial charge in [0, 0.05) is 7.05 Å². The third-order valence-electron chi connectivity index (χ3n) is 3.78. The first-order valence-electron chi connectivity index (χ1n) is 7.75. The molecule has 3 rings (SSSR count). The van der Waals surface area contributed by atoms with Crippen molar-refractivity contribution in [2.75, 3.05) is 5.32 Å². The second kappa shape index (κ2) is 7.47. The zero-order valence-corrected chi connectivity index (χ0v) is 15.6. The summed E-state index contributed by atoms with van der Waals surface area (Å²) < 4.78 is 14.5. The van der Waals surface area contributed by atoms with Gasteiger partial charge in [-0.15, -0.1) is 0 Å². The van der Waals surface area contributed by atoms with Crippen LogP contribution in [-0.2, 0) is 11.8 Å². The molecule has 1 amide bonds. The largest absolute Gasteiger partial charge is 0.324 e. The minimum atomic E-state index is -0.546. The fourth-order valence-corrected chi connectivity index (χ4v) is 3.43. The Hall–Kier alpha value is -2.38. The van der Waals surface area contributed by atoms with E-state index in [2.05, 4.69) is 10.3 Å². The molecule has 1 unspecified atom stereocenters. The van der Waals surface area contributed by atoms with Crippen molar-refractivity contribution in [3.8, 4) is 0 Å². The third-order valence-corrected chi connectivity index (χ3v) is 5.24. The number of nitrogens with zero attached hydrogens (tertiary/aromatic N) is 2. The van der Waals surface area contributed by atoms with Gasteiger partial charge in [-0.25, -0.2) is 9.37 Å². The van der Waals surface area contributed by atoms with Crippen LogP contribution in [0.4, 0.5) is 10.1 Å². The lowest BCUT2D eigenvalue weighted by Gasteiger charge is -2.14. The molecule has 1 aromatic heterocycles. The van der Waals surface area contributed by atoms with E-state index in [1.54, 1.807) is 38.2 Å². The average Bonchev–Trinajstić information content (AvgIpc) is 2.61. The number of benzene rings is 2. The highest BCUT2D eigenvalue weighted by atomic mass is 35.5. The van der Waals surface area contributed by atoms with Gasteiger partial charge in [0.1, 0.15) is 5.82 Å². The normalized spacial score (nSPS) is 12.2. The van der Waals surface area contributed by atoms with Crippen LogP contribution in [0, 0.1) is 5.82 Å². The van der Waals surface area contributed by atoms with E-state index in [1.165, 1.54) is 16.7 Å². The number of nitrogens with one attached hydrogen (secondary N) is 1. The maximum Gasteiger partial charge on any atom is 0.261 e. The molecule has 0 aliphatic heterocycles. The highest BCUT2D eigenvalue weighted by Gasteiger charge is 2.19. The lowest BCUT2D eigenvalue weighted by Crippen LogP contribution is -2.25. The van der Waals surface area contributed by atoms with Crippen molar-refractivity contribution < 1.29 is 9.18 Å². The summed E-state index contributed by atoms with van der Waals surface area (Å²) in [4.78, 5) is 29.3. The number of halogens is 2. The number of carbonyl (C=O) groups is 1. The molecule has 2 aromatic carbocycles. The van der Waals surface area contributed by atoms with E-state index >= 15 is 0 Å². The molecule has 1 N–H and O–H groups in total. The molecule has 8 heteroatoms. The van der Waals surface area contributed by atoms with Gasteiger partial charge in [-0.05, 0) is 37.3 Å². The molecule has 0 aliphatic carbocycles. The minimum absolute atomic E-state index is 0.117. The van der Waals surface area contributed by atoms with Crippen molar-refractivity contribution in [1.82, 2.24) is 9.55 Å². The van der Waals surface area contributed by atoms with Crippen molar-refractivity contribution in [3.63, 3.8) is 0 Å². The maximum atomic E-state index is 13.1. The van der Waals surface area contributed by atoms with Crippen LogP contribution in [0.25, 0.3) is 10.9 Å². The molecule has 0 radical (unpaired) electrons. The number of hydrogen-bond donors (Lipinski definition) is 1. The van der Waals surface area contributed by atoms with Gasteiger partial charge in [0.2, 0.25) is 5.91 Å². The Balaban J connectivity index is 1.82. The van der Waals surface area contributed by atoms with Crippen molar-refractivity contribution in [1.29, 1.82) is 0 Å². The number of aromatic nitrogens is 2. The van der Waals surface area contributed by atoms with E-state index in [4.69, 9.17) is 11.6 Å². The van der Waals surface area contributed by atoms with Crippen molar-refractivity contribution >= 4 is 45.9 Å². The molecule has 0 fully saturated rings. The highest BCUT2D eigenvalue weighted by Crippen LogP contribution is 2.26. The average molecular weight is 392 g/mol. The molecule has 1 heterocycles. The molecular weight excluding hydrogens is 377 g/mol.